The van der Waals surface area contributed by atoms with Crippen LogP contribution in [0.25, 0.3) is 0 Å². The van der Waals surface area contributed by atoms with E-state index in [0.717, 1.165) is 30.4 Å². The van der Waals surface area contributed by atoms with Crippen molar-refractivity contribution in [1.29, 1.82) is 0 Å². The molecule has 2 aromatic carbocycles. The normalized spacial score (nSPS) is 12.2. The molecule has 2 aromatic rings. The van der Waals surface area contributed by atoms with E-state index >= 15 is 0 Å². The molecule has 0 saturated heterocycles. The van der Waals surface area contributed by atoms with E-state index in [1.807, 2.05) is 36.4 Å². The summed E-state index contributed by atoms with van der Waals surface area (Å²) in [6.45, 7) is 2.27. The zero-order valence-electron chi connectivity index (χ0n) is 19.5. The number of carboxylic acid groups (broad SMARTS) is 1. The first-order valence-electron chi connectivity index (χ1n) is 12.6. The number of benzene rings is 2. The summed E-state index contributed by atoms with van der Waals surface area (Å²) in [6.07, 6.45) is 16.3. The van der Waals surface area contributed by atoms with Gasteiger partial charge in [-0.3, -0.25) is 4.79 Å². The lowest BCUT2D eigenvalue weighted by Crippen LogP contribution is -2.23. The zero-order valence-corrected chi connectivity index (χ0v) is 19.5. The van der Waals surface area contributed by atoms with Gasteiger partial charge in [-0.2, -0.15) is 0 Å². The van der Waals surface area contributed by atoms with Crippen molar-refractivity contribution >= 4 is 5.97 Å². The minimum atomic E-state index is -0.680. The molecule has 1 N–H and O–H groups in total. The van der Waals surface area contributed by atoms with E-state index in [9.17, 15) is 9.90 Å². The Labute approximate surface area is 190 Å². The van der Waals surface area contributed by atoms with Crippen LogP contribution in [0.1, 0.15) is 107 Å². The molecule has 0 spiro atoms. The number of hydrogen-bond donors (Lipinski definition) is 1. The van der Waals surface area contributed by atoms with E-state index in [0.29, 0.717) is 0 Å². The lowest BCUT2D eigenvalue weighted by atomic mass is 9.78. The second kappa shape index (κ2) is 15.7. The molecule has 2 rings (SSSR count). The molecule has 1 unspecified atom stereocenters. The number of carboxylic acids is 1. The van der Waals surface area contributed by atoms with Gasteiger partial charge in [-0.15, -0.1) is 0 Å². The van der Waals surface area contributed by atoms with Crippen LogP contribution in [-0.4, -0.2) is 11.1 Å². The molecule has 31 heavy (non-hydrogen) atoms. The van der Waals surface area contributed by atoms with Crippen LogP contribution in [0.3, 0.4) is 0 Å². The summed E-state index contributed by atoms with van der Waals surface area (Å²) < 4.78 is 0. The summed E-state index contributed by atoms with van der Waals surface area (Å²) in [4.78, 5) is 12.2. The standard InChI is InChI=1S/C29H42O2/c1-2-3-4-5-6-7-8-9-10-11-12-19-24-27(29(30)31)28(25-20-15-13-16-21-25)26-22-17-14-18-23-26/h13-18,20-23,27-28H,2-12,19,24H2,1H3,(H,30,31). The Hall–Kier alpha value is -2.09. The second-order valence-electron chi connectivity index (χ2n) is 8.92. The van der Waals surface area contributed by atoms with Gasteiger partial charge in [0.25, 0.3) is 0 Å². The predicted molar refractivity (Wildman–Crippen MR) is 132 cm³/mol. The summed E-state index contributed by atoms with van der Waals surface area (Å²) in [5, 5.41) is 10.0. The molecule has 170 valence electrons. The van der Waals surface area contributed by atoms with Gasteiger partial charge in [-0.25, -0.2) is 0 Å². The fourth-order valence-corrected chi connectivity index (χ4v) is 4.62. The summed E-state index contributed by atoms with van der Waals surface area (Å²) in [5.74, 6) is -1.15. The maximum atomic E-state index is 12.2. The predicted octanol–water partition coefficient (Wildman–Crippen LogP) is 8.61. The Morgan fingerprint density at radius 3 is 1.42 bits per heavy atom. The molecule has 2 heteroatoms. The molecular weight excluding hydrogens is 380 g/mol. The van der Waals surface area contributed by atoms with Gasteiger partial charge in [-0.05, 0) is 17.5 Å². The molecule has 0 radical (unpaired) electrons. The van der Waals surface area contributed by atoms with E-state index in [1.54, 1.807) is 0 Å². The Kier molecular flexibility index (Phi) is 12.7. The van der Waals surface area contributed by atoms with E-state index < -0.39 is 5.97 Å². The highest BCUT2D eigenvalue weighted by atomic mass is 16.4. The van der Waals surface area contributed by atoms with E-state index in [2.05, 4.69) is 31.2 Å². The Balaban J connectivity index is 1.76. The Morgan fingerprint density at radius 1 is 0.645 bits per heavy atom. The molecular formula is C29H42O2. The topological polar surface area (TPSA) is 37.3 Å². The molecule has 0 aliphatic heterocycles. The molecule has 1 atom stereocenters. The molecule has 0 amide bonds. The van der Waals surface area contributed by atoms with Gasteiger partial charge in [0.15, 0.2) is 0 Å². The van der Waals surface area contributed by atoms with E-state index in [4.69, 9.17) is 0 Å². The van der Waals surface area contributed by atoms with E-state index in [-0.39, 0.29) is 11.8 Å². The molecule has 2 nitrogen and oxygen atoms in total. The van der Waals surface area contributed by atoms with Crippen molar-refractivity contribution in [3.63, 3.8) is 0 Å². The van der Waals surface area contributed by atoms with Crippen LogP contribution in [0.15, 0.2) is 60.7 Å². The first kappa shape index (κ1) is 25.2. The van der Waals surface area contributed by atoms with Gasteiger partial charge < -0.3 is 5.11 Å². The second-order valence-corrected chi connectivity index (χ2v) is 8.92. The number of hydrogen-bond acceptors (Lipinski definition) is 1. The van der Waals surface area contributed by atoms with Gasteiger partial charge in [0.2, 0.25) is 0 Å². The highest BCUT2D eigenvalue weighted by molar-refractivity contribution is 5.72. The smallest absolute Gasteiger partial charge is 0.307 e. The summed E-state index contributed by atoms with van der Waals surface area (Å²) in [7, 11) is 0. The number of aliphatic carboxylic acids is 1. The van der Waals surface area contributed by atoms with Crippen molar-refractivity contribution in [3.8, 4) is 0 Å². The average molecular weight is 423 g/mol. The third-order valence-corrected chi connectivity index (χ3v) is 6.41. The SMILES string of the molecule is CCCCCCCCCCCCCCC(C(=O)O)C(c1ccccc1)c1ccccc1. The molecule has 0 aliphatic rings. The molecule has 0 aliphatic carbocycles. The molecule has 0 saturated carbocycles. The molecule has 0 bridgehead atoms. The molecule has 0 aromatic heterocycles. The third-order valence-electron chi connectivity index (χ3n) is 6.41. The van der Waals surface area contributed by atoms with Crippen molar-refractivity contribution in [1.82, 2.24) is 0 Å². The summed E-state index contributed by atoms with van der Waals surface area (Å²) >= 11 is 0. The number of carbonyl (C=O) groups is 1. The minimum absolute atomic E-state index is 0.0902. The quantitative estimate of drug-likeness (QED) is 0.259. The summed E-state index contributed by atoms with van der Waals surface area (Å²) in [6, 6.07) is 20.3. The van der Waals surface area contributed by atoms with Crippen LogP contribution < -0.4 is 0 Å². The lowest BCUT2D eigenvalue weighted by molar-refractivity contribution is -0.142. The summed E-state index contributed by atoms with van der Waals surface area (Å²) in [5.41, 5.74) is 2.19. The maximum absolute atomic E-state index is 12.2. The largest absolute Gasteiger partial charge is 0.481 e. The maximum Gasteiger partial charge on any atom is 0.307 e. The number of unbranched alkanes of at least 4 members (excludes halogenated alkanes) is 11. The van der Waals surface area contributed by atoms with Crippen molar-refractivity contribution in [2.45, 2.75) is 96.3 Å². The van der Waals surface area contributed by atoms with Gasteiger partial charge >= 0.3 is 5.97 Å². The number of rotatable bonds is 17. The average Bonchev–Trinajstić information content (AvgIpc) is 2.80. The first-order chi connectivity index (χ1) is 15.2. The lowest BCUT2D eigenvalue weighted by Gasteiger charge is -2.25. The Bertz CT molecular complexity index is 656. The fraction of sp³-hybridized carbons (Fsp3) is 0.552. The van der Waals surface area contributed by atoms with Gasteiger partial charge in [0.1, 0.15) is 0 Å². The van der Waals surface area contributed by atoms with Crippen molar-refractivity contribution in [2.24, 2.45) is 5.92 Å². The minimum Gasteiger partial charge on any atom is -0.481 e. The van der Waals surface area contributed by atoms with Gasteiger partial charge in [0, 0.05) is 5.92 Å². The van der Waals surface area contributed by atoms with Crippen LogP contribution in [0.5, 0.6) is 0 Å². The van der Waals surface area contributed by atoms with Crippen LogP contribution in [0, 0.1) is 5.92 Å². The monoisotopic (exact) mass is 422 g/mol. The fourth-order valence-electron chi connectivity index (χ4n) is 4.62. The Morgan fingerprint density at radius 2 is 1.03 bits per heavy atom. The third kappa shape index (κ3) is 9.72. The van der Waals surface area contributed by atoms with Crippen LogP contribution >= 0.6 is 0 Å². The van der Waals surface area contributed by atoms with Gasteiger partial charge in [0.05, 0.1) is 5.92 Å². The van der Waals surface area contributed by atoms with Gasteiger partial charge in [-0.1, -0.05) is 145 Å². The van der Waals surface area contributed by atoms with Crippen LogP contribution in [0.2, 0.25) is 0 Å². The first-order valence-corrected chi connectivity index (χ1v) is 12.6. The van der Waals surface area contributed by atoms with Crippen LogP contribution in [0.4, 0.5) is 0 Å². The van der Waals surface area contributed by atoms with E-state index in [1.165, 1.54) is 64.2 Å². The van der Waals surface area contributed by atoms with Crippen LogP contribution in [-0.2, 0) is 4.79 Å². The molecule has 0 fully saturated rings. The zero-order chi connectivity index (χ0) is 22.2. The van der Waals surface area contributed by atoms with Crippen molar-refractivity contribution < 1.29 is 9.90 Å². The highest BCUT2D eigenvalue weighted by Gasteiger charge is 2.30. The van der Waals surface area contributed by atoms with Crippen molar-refractivity contribution in [2.75, 3.05) is 0 Å². The van der Waals surface area contributed by atoms with Crippen molar-refractivity contribution in [3.05, 3.63) is 71.8 Å². The highest BCUT2D eigenvalue weighted by Crippen LogP contribution is 2.35. The molecule has 0 heterocycles.